The van der Waals surface area contributed by atoms with E-state index in [1.54, 1.807) is 0 Å². The van der Waals surface area contributed by atoms with Crippen molar-refractivity contribution in [1.29, 1.82) is 5.26 Å². The summed E-state index contributed by atoms with van der Waals surface area (Å²) in [5.74, 6) is -0.0808. The third-order valence-electron chi connectivity index (χ3n) is 2.49. The molecule has 13 heavy (non-hydrogen) atoms. The molecule has 1 unspecified atom stereocenters. The van der Waals surface area contributed by atoms with E-state index in [9.17, 15) is 9.90 Å². The molecule has 0 aliphatic heterocycles. The Hall–Kier alpha value is -1.30. The average Bonchev–Trinajstić information content (AvgIpc) is 2.40. The highest BCUT2D eigenvalue weighted by atomic mass is 16.3. The van der Waals surface area contributed by atoms with E-state index in [-0.39, 0.29) is 17.5 Å². The van der Waals surface area contributed by atoms with Gasteiger partial charge in [-0.2, -0.15) is 5.26 Å². The summed E-state index contributed by atoms with van der Waals surface area (Å²) in [6, 6.07) is 2.02. The van der Waals surface area contributed by atoms with Gasteiger partial charge in [0.05, 0.1) is 6.07 Å². The summed E-state index contributed by atoms with van der Waals surface area (Å²) >= 11 is 0. The van der Waals surface area contributed by atoms with Crippen molar-refractivity contribution in [2.24, 2.45) is 5.92 Å². The van der Waals surface area contributed by atoms with Crippen molar-refractivity contribution in [3.63, 3.8) is 0 Å². The first-order valence-corrected chi connectivity index (χ1v) is 4.52. The van der Waals surface area contributed by atoms with Gasteiger partial charge in [-0.1, -0.05) is 6.92 Å². The standard InChI is InChI=1S/C10H13NO2/c1-2-7-6-9(12)10(13)8(7)4-3-5-11/h7,13H,2-4,6H2,1H3. The summed E-state index contributed by atoms with van der Waals surface area (Å²) in [5.41, 5.74) is 0.786. The third-order valence-corrected chi connectivity index (χ3v) is 2.49. The molecule has 0 fully saturated rings. The molecule has 70 valence electrons. The predicted octanol–water partition coefficient (Wildman–Crippen LogP) is 2.10. The first kappa shape index (κ1) is 9.79. The Bertz CT molecular complexity index is 286. The Morgan fingerprint density at radius 2 is 2.38 bits per heavy atom. The van der Waals surface area contributed by atoms with Crippen LogP contribution in [0.15, 0.2) is 11.3 Å². The fraction of sp³-hybridized carbons (Fsp3) is 0.600. The zero-order valence-corrected chi connectivity index (χ0v) is 7.71. The second kappa shape index (κ2) is 4.08. The van der Waals surface area contributed by atoms with Crippen molar-refractivity contribution in [3.05, 3.63) is 11.3 Å². The second-order valence-corrected chi connectivity index (χ2v) is 3.26. The van der Waals surface area contributed by atoms with E-state index in [2.05, 4.69) is 0 Å². The minimum atomic E-state index is -0.167. The largest absolute Gasteiger partial charge is 0.504 e. The Morgan fingerprint density at radius 3 is 2.92 bits per heavy atom. The van der Waals surface area contributed by atoms with E-state index in [0.717, 1.165) is 12.0 Å². The van der Waals surface area contributed by atoms with Gasteiger partial charge in [-0.25, -0.2) is 0 Å². The second-order valence-electron chi connectivity index (χ2n) is 3.26. The maximum absolute atomic E-state index is 11.1. The van der Waals surface area contributed by atoms with Crippen LogP contribution < -0.4 is 0 Å². The van der Waals surface area contributed by atoms with E-state index in [4.69, 9.17) is 5.26 Å². The Labute approximate surface area is 77.7 Å². The van der Waals surface area contributed by atoms with Crippen molar-refractivity contribution < 1.29 is 9.90 Å². The van der Waals surface area contributed by atoms with Gasteiger partial charge >= 0.3 is 0 Å². The number of hydrogen-bond donors (Lipinski definition) is 1. The molecule has 1 aliphatic rings. The van der Waals surface area contributed by atoms with Crippen LogP contribution in [-0.4, -0.2) is 10.9 Å². The molecule has 0 aromatic rings. The molecule has 1 atom stereocenters. The average molecular weight is 179 g/mol. The van der Waals surface area contributed by atoms with Gasteiger partial charge in [0.2, 0.25) is 0 Å². The number of hydrogen-bond acceptors (Lipinski definition) is 3. The van der Waals surface area contributed by atoms with E-state index in [1.165, 1.54) is 0 Å². The van der Waals surface area contributed by atoms with Crippen molar-refractivity contribution in [2.45, 2.75) is 32.6 Å². The maximum Gasteiger partial charge on any atom is 0.197 e. The normalized spacial score (nSPS) is 22.2. The number of Topliss-reactive ketones (excluding diaryl/α,β-unsaturated/α-hetero) is 1. The molecule has 0 heterocycles. The van der Waals surface area contributed by atoms with Crippen molar-refractivity contribution in [2.75, 3.05) is 0 Å². The molecule has 0 amide bonds. The van der Waals surface area contributed by atoms with Gasteiger partial charge in [-0.05, 0) is 24.3 Å². The van der Waals surface area contributed by atoms with Gasteiger partial charge in [0.15, 0.2) is 11.5 Å². The lowest BCUT2D eigenvalue weighted by molar-refractivity contribution is -0.117. The van der Waals surface area contributed by atoms with Crippen molar-refractivity contribution >= 4 is 5.78 Å². The van der Waals surface area contributed by atoms with Crippen LogP contribution in [0.2, 0.25) is 0 Å². The molecule has 0 saturated heterocycles. The van der Waals surface area contributed by atoms with Gasteiger partial charge in [0.25, 0.3) is 0 Å². The summed E-state index contributed by atoms with van der Waals surface area (Å²) in [6.07, 6.45) is 2.19. The molecule has 3 nitrogen and oxygen atoms in total. The van der Waals surface area contributed by atoms with Gasteiger partial charge in [0, 0.05) is 12.8 Å². The number of nitrogens with zero attached hydrogens (tertiary/aromatic N) is 1. The van der Waals surface area contributed by atoms with Crippen LogP contribution >= 0.6 is 0 Å². The van der Waals surface area contributed by atoms with Crippen molar-refractivity contribution in [1.82, 2.24) is 0 Å². The lowest BCUT2D eigenvalue weighted by atomic mass is 9.95. The number of aliphatic hydroxyl groups excluding tert-OH is 1. The topological polar surface area (TPSA) is 61.1 Å². The fourth-order valence-corrected chi connectivity index (χ4v) is 1.72. The minimum absolute atomic E-state index is 0.0814. The number of carbonyl (C=O) groups excluding carboxylic acids is 1. The Balaban J connectivity index is 2.76. The van der Waals surface area contributed by atoms with Crippen LogP contribution in [0.1, 0.15) is 32.6 Å². The first-order valence-electron chi connectivity index (χ1n) is 4.52. The van der Waals surface area contributed by atoms with E-state index >= 15 is 0 Å². The van der Waals surface area contributed by atoms with Crippen LogP contribution in [0.25, 0.3) is 0 Å². The first-order chi connectivity index (χ1) is 6.20. The van der Waals surface area contributed by atoms with E-state index in [1.807, 2.05) is 13.0 Å². The maximum atomic E-state index is 11.1. The molecular formula is C10H13NO2. The summed E-state index contributed by atoms with van der Waals surface area (Å²) in [5, 5.41) is 17.8. The van der Waals surface area contributed by atoms with Gasteiger partial charge in [0.1, 0.15) is 0 Å². The van der Waals surface area contributed by atoms with Crippen LogP contribution in [0.5, 0.6) is 0 Å². The van der Waals surface area contributed by atoms with Crippen LogP contribution in [-0.2, 0) is 4.79 Å². The number of carbonyl (C=O) groups is 1. The van der Waals surface area contributed by atoms with Gasteiger partial charge in [-0.3, -0.25) is 4.79 Å². The number of nitriles is 1. The molecule has 0 spiro atoms. The molecule has 0 saturated carbocycles. The van der Waals surface area contributed by atoms with Crippen LogP contribution in [0, 0.1) is 17.2 Å². The highest BCUT2D eigenvalue weighted by Crippen LogP contribution is 2.33. The van der Waals surface area contributed by atoms with Crippen LogP contribution in [0.3, 0.4) is 0 Å². The zero-order chi connectivity index (χ0) is 9.84. The summed E-state index contributed by atoms with van der Waals surface area (Å²) < 4.78 is 0. The Kier molecular flexibility index (Phi) is 3.07. The monoisotopic (exact) mass is 179 g/mol. The molecule has 1 N–H and O–H groups in total. The predicted molar refractivity (Wildman–Crippen MR) is 47.9 cm³/mol. The molecular weight excluding hydrogens is 166 g/mol. The zero-order valence-electron chi connectivity index (χ0n) is 7.71. The summed E-state index contributed by atoms with van der Waals surface area (Å²) in [4.78, 5) is 11.1. The molecule has 1 rings (SSSR count). The quantitative estimate of drug-likeness (QED) is 0.721. The summed E-state index contributed by atoms with van der Waals surface area (Å²) in [6.45, 7) is 1.99. The fourth-order valence-electron chi connectivity index (χ4n) is 1.72. The number of ketones is 1. The SMILES string of the molecule is CCC1CC(=O)C(O)=C1CCC#N. The number of allylic oxidation sites excluding steroid dienone is 2. The van der Waals surface area contributed by atoms with E-state index < -0.39 is 0 Å². The number of aliphatic hydroxyl groups is 1. The van der Waals surface area contributed by atoms with E-state index in [0.29, 0.717) is 19.3 Å². The van der Waals surface area contributed by atoms with Crippen LogP contribution in [0.4, 0.5) is 0 Å². The number of rotatable bonds is 3. The molecule has 3 heteroatoms. The highest BCUT2D eigenvalue weighted by molar-refractivity contribution is 5.96. The molecule has 0 aromatic heterocycles. The molecule has 0 bridgehead atoms. The van der Waals surface area contributed by atoms with Crippen molar-refractivity contribution in [3.8, 4) is 6.07 Å². The molecule has 0 radical (unpaired) electrons. The highest BCUT2D eigenvalue weighted by Gasteiger charge is 2.30. The lowest BCUT2D eigenvalue weighted by Gasteiger charge is -2.08. The molecule has 1 aliphatic carbocycles. The smallest absolute Gasteiger partial charge is 0.197 e. The third kappa shape index (κ3) is 1.89. The molecule has 0 aromatic carbocycles. The minimum Gasteiger partial charge on any atom is -0.504 e. The lowest BCUT2D eigenvalue weighted by Crippen LogP contribution is -1.98. The Morgan fingerprint density at radius 1 is 1.69 bits per heavy atom. The van der Waals surface area contributed by atoms with Gasteiger partial charge in [-0.15, -0.1) is 0 Å². The summed E-state index contributed by atoms with van der Waals surface area (Å²) in [7, 11) is 0. The van der Waals surface area contributed by atoms with Gasteiger partial charge < -0.3 is 5.11 Å².